The van der Waals surface area contributed by atoms with Crippen LogP contribution in [0.2, 0.25) is 10.0 Å². The molecule has 0 aliphatic rings. The molecule has 2 aromatic rings. The van der Waals surface area contributed by atoms with Crippen molar-refractivity contribution in [3.05, 3.63) is 40.9 Å². The second-order valence-corrected chi connectivity index (χ2v) is 5.71. The first-order chi connectivity index (χ1) is 10.5. The molecule has 2 atom stereocenters. The van der Waals surface area contributed by atoms with Crippen LogP contribution in [0.15, 0.2) is 30.9 Å². The van der Waals surface area contributed by atoms with Crippen LogP contribution in [-0.2, 0) is 11.3 Å². The van der Waals surface area contributed by atoms with E-state index in [1.54, 1.807) is 36.1 Å². The van der Waals surface area contributed by atoms with Gasteiger partial charge in [0.1, 0.15) is 18.4 Å². The lowest BCUT2D eigenvalue weighted by Crippen LogP contribution is -2.43. The Bertz CT molecular complexity index is 634. The normalized spacial score (nSPS) is 13.5. The van der Waals surface area contributed by atoms with E-state index >= 15 is 0 Å². The summed E-state index contributed by atoms with van der Waals surface area (Å²) >= 11 is 11.8. The van der Waals surface area contributed by atoms with Gasteiger partial charge in [0.25, 0.3) is 5.91 Å². The van der Waals surface area contributed by atoms with Gasteiger partial charge >= 0.3 is 0 Å². The molecule has 0 saturated heterocycles. The summed E-state index contributed by atoms with van der Waals surface area (Å²) in [5.41, 5.74) is 0. The third-order valence-electron chi connectivity index (χ3n) is 2.88. The van der Waals surface area contributed by atoms with E-state index < -0.39 is 6.10 Å². The fourth-order valence-corrected chi connectivity index (χ4v) is 2.28. The van der Waals surface area contributed by atoms with Crippen molar-refractivity contribution in [1.29, 1.82) is 0 Å². The van der Waals surface area contributed by atoms with Gasteiger partial charge < -0.3 is 10.1 Å². The van der Waals surface area contributed by atoms with Crippen molar-refractivity contribution in [2.24, 2.45) is 0 Å². The smallest absolute Gasteiger partial charge is 0.261 e. The molecule has 0 radical (unpaired) electrons. The highest BCUT2D eigenvalue weighted by Gasteiger charge is 2.18. The van der Waals surface area contributed by atoms with Crippen molar-refractivity contribution in [2.45, 2.75) is 32.5 Å². The first kappa shape index (κ1) is 16.6. The topological polar surface area (TPSA) is 69.0 Å². The second kappa shape index (κ2) is 7.47. The maximum atomic E-state index is 12.1. The van der Waals surface area contributed by atoms with Crippen molar-refractivity contribution in [2.75, 3.05) is 0 Å². The van der Waals surface area contributed by atoms with Gasteiger partial charge in [-0.1, -0.05) is 23.2 Å². The number of hydrogen-bond donors (Lipinski definition) is 1. The molecule has 1 N–H and O–H groups in total. The van der Waals surface area contributed by atoms with Gasteiger partial charge in [-0.15, -0.1) is 0 Å². The third-order valence-corrected chi connectivity index (χ3v) is 3.41. The number of halogens is 2. The summed E-state index contributed by atoms with van der Waals surface area (Å²) in [4.78, 5) is 16.0. The van der Waals surface area contributed by atoms with Gasteiger partial charge in [-0.2, -0.15) is 5.10 Å². The molecule has 22 heavy (non-hydrogen) atoms. The van der Waals surface area contributed by atoms with Crippen LogP contribution in [0.3, 0.4) is 0 Å². The molecule has 1 heterocycles. The highest BCUT2D eigenvalue weighted by atomic mass is 35.5. The van der Waals surface area contributed by atoms with Crippen molar-refractivity contribution < 1.29 is 9.53 Å². The van der Waals surface area contributed by atoms with E-state index in [0.717, 1.165) is 0 Å². The monoisotopic (exact) mass is 342 g/mol. The lowest BCUT2D eigenvalue weighted by molar-refractivity contribution is -0.128. The summed E-state index contributed by atoms with van der Waals surface area (Å²) in [7, 11) is 0. The third kappa shape index (κ3) is 4.61. The lowest BCUT2D eigenvalue weighted by Gasteiger charge is -2.19. The minimum Gasteiger partial charge on any atom is -0.479 e. The van der Waals surface area contributed by atoms with Crippen LogP contribution >= 0.6 is 23.2 Å². The Morgan fingerprint density at radius 3 is 2.82 bits per heavy atom. The first-order valence-corrected chi connectivity index (χ1v) is 7.46. The molecular formula is C14H16Cl2N4O2. The molecule has 0 fully saturated rings. The molecule has 2 unspecified atom stereocenters. The quantitative estimate of drug-likeness (QED) is 0.875. The number of carbonyl (C=O) groups excluding carboxylic acids is 1. The van der Waals surface area contributed by atoms with Crippen LogP contribution in [0.1, 0.15) is 13.8 Å². The summed E-state index contributed by atoms with van der Waals surface area (Å²) in [5, 5.41) is 7.71. The Hall–Kier alpha value is -1.79. The number of rotatable bonds is 6. The second-order valence-electron chi connectivity index (χ2n) is 4.86. The maximum Gasteiger partial charge on any atom is 0.261 e. The van der Waals surface area contributed by atoms with E-state index in [2.05, 4.69) is 15.4 Å². The highest BCUT2D eigenvalue weighted by molar-refractivity contribution is 6.35. The molecule has 0 bridgehead atoms. The van der Waals surface area contributed by atoms with Crippen LogP contribution in [0.25, 0.3) is 0 Å². The Kier molecular flexibility index (Phi) is 5.63. The molecule has 8 heteroatoms. The Balaban J connectivity index is 1.88. The summed E-state index contributed by atoms with van der Waals surface area (Å²) in [6.45, 7) is 4.06. The van der Waals surface area contributed by atoms with Crippen molar-refractivity contribution >= 4 is 29.1 Å². The summed E-state index contributed by atoms with van der Waals surface area (Å²) in [5.74, 6) is 0.177. The molecule has 0 spiro atoms. The average molecular weight is 343 g/mol. The number of aromatic nitrogens is 3. The lowest BCUT2D eigenvalue weighted by atomic mass is 10.3. The molecule has 1 aromatic carbocycles. The average Bonchev–Trinajstić information content (AvgIpc) is 2.94. The molecular weight excluding hydrogens is 327 g/mol. The van der Waals surface area contributed by atoms with E-state index in [9.17, 15) is 4.79 Å². The minimum absolute atomic E-state index is 0.110. The van der Waals surface area contributed by atoms with Gasteiger partial charge in [-0.25, -0.2) is 4.98 Å². The van der Waals surface area contributed by atoms with Crippen LogP contribution in [0, 0.1) is 0 Å². The van der Waals surface area contributed by atoms with E-state index in [-0.39, 0.29) is 11.9 Å². The molecule has 1 amide bonds. The Morgan fingerprint density at radius 1 is 1.41 bits per heavy atom. The largest absolute Gasteiger partial charge is 0.479 e. The van der Waals surface area contributed by atoms with Gasteiger partial charge in [0.05, 0.1) is 11.6 Å². The number of amides is 1. The van der Waals surface area contributed by atoms with Gasteiger partial charge in [0.2, 0.25) is 0 Å². The maximum absolute atomic E-state index is 12.1. The zero-order valence-corrected chi connectivity index (χ0v) is 13.7. The number of ether oxygens (including phenoxy) is 1. The Morgan fingerprint density at radius 2 is 2.18 bits per heavy atom. The summed E-state index contributed by atoms with van der Waals surface area (Å²) in [6, 6.07) is 4.74. The molecule has 0 saturated carbocycles. The minimum atomic E-state index is -0.683. The van der Waals surface area contributed by atoms with Crippen LogP contribution < -0.4 is 10.1 Å². The van der Waals surface area contributed by atoms with Crippen molar-refractivity contribution in [3.63, 3.8) is 0 Å². The predicted octanol–water partition coefficient (Wildman–Crippen LogP) is 2.56. The highest BCUT2D eigenvalue weighted by Crippen LogP contribution is 2.28. The van der Waals surface area contributed by atoms with E-state index in [1.807, 2.05) is 6.92 Å². The number of carbonyl (C=O) groups is 1. The zero-order chi connectivity index (χ0) is 16.1. The molecule has 1 aromatic heterocycles. The molecule has 6 nitrogen and oxygen atoms in total. The van der Waals surface area contributed by atoms with Crippen LogP contribution in [-0.4, -0.2) is 32.8 Å². The summed E-state index contributed by atoms with van der Waals surface area (Å²) < 4.78 is 7.21. The van der Waals surface area contributed by atoms with Crippen molar-refractivity contribution in [1.82, 2.24) is 20.1 Å². The number of nitrogens with one attached hydrogen (secondary N) is 1. The SMILES string of the molecule is CC(Cn1cncn1)NC(=O)C(C)Oc1ccc(Cl)cc1Cl. The molecule has 2 rings (SSSR count). The van der Waals surface area contributed by atoms with Gasteiger partial charge in [0.15, 0.2) is 6.10 Å². The fraction of sp³-hybridized carbons (Fsp3) is 0.357. The van der Waals surface area contributed by atoms with Gasteiger partial charge in [-0.05, 0) is 32.0 Å². The molecule has 0 aliphatic heterocycles. The first-order valence-electron chi connectivity index (χ1n) is 6.70. The van der Waals surface area contributed by atoms with Gasteiger partial charge in [0, 0.05) is 11.1 Å². The van der Waals surface area contributed by atoms with Crippen molar-refractivity contribution in [3.8, 4) is 5.75 Å². The number of hydrogen-bond acceptors (Lipinski definition) is 4. The van der Waals surface area contributed by atoms with Gasteiger partial charge in [-0.3, -0.25) is 9.48 Å². The van der Waals surface area contributed by atoms with E-state index in [0.29, 0.717) is 22.3 Å². The van der Waals surface area contributed by atoms with E-state index in [4.69, 9.17) is 27.9 Å². The van der Waals surface area contributed by atoms with E-state index in [1.165, 1.54) is 6.33 Å². The Labute approximate surface area is 138 Å². The molecule has 0 aliphatic carbocycles. The van der Waals surface area contributed by atoms with Crippen LogP contribution in [0.5, 0.6) is 5.75 Å². The molecule has 118 valence electrons. The predicted molar refractivity (Wildman–Crippen MR) is 84.2 cm³/mol. The number of benzene rings is 1. The van der Waals surface area contributed by atoms with Crippen LogP contribution in [0.4, 0.5) is 0 Å². The standard InChI is InChI=1S/C14H16Cl2N4O2/c1-9(6-20-8-17-7-18-20)19-14(21)10(2)22-13-4-3-11(15)5-12(13)16/h3-5,7-10H,6H2,1-2H3,(H,19,21). The fourth-order valence-electron chi connectivity index (χ4n) is 1.83. The zero-order valence-electron chi connectivity index (χ0n) is 12.2. The summed E-state index contributed by atoms with van der Waals surface area (Å²) in [6.07, 6.45) is 2.36. The number of nitrogens with zero attached hydrogens (tertiary/aromatic N) is 3.